The number of hydrogen-bond donors (Lipinski definition) is 0. The van der Waals surface area contributed by atoms with Crippen LogP contribution in [-0.2, 0) is 4.74 Å². The van der Waals surface area contributed by atoms with E-state index in [0.29, 0.717) is 23.8 Å². The molecule has 0 bridgehead atoms. The van der Waals surface area contributed by atoms with Gasteiger partial charge in [-0.25, -0.2) is 4.98 Å². The Balaban J connectivity index is 1.85. The van der Waals surface area contributed by atoms with Crippen molar-refractivity contribution < 1.29 is 14.3 Å². The first kappa shape index (κ1) is 19.0. The van der Waals surface area contributed by atoms with E-state index in [9.17, 15) is 4.79 Å². The number of nitrogens with zero attached hydrogens (tertiary/aromatic N) is 3. The minimum Gasteiger partial charge on any atom is -0.497 e. The predicted molar refractivity (Wildman–Crippen MR) is 107 cm³/mol. The maximum absolute atomic E-state index is 13.0. The summed E-state index contributed by atoms with van der Waals surface area (Å²) < 4.78 is 10.3. The van der Waals surface area contributed by atoms with E-state index < -0.39 is 0 Å². The average Bonchev–Trinajstić information content (AvgIpc) is 3.21. The molecule has 0 aliphatic rings. The van der Waals surface area contributed by atoms with Gasteiger partial charge in [0.2, 0.25) is 0 Å². The summed E-state index contributed by atoms with van der Waals surface area (Å²) in [5, 5.41) is 2.61. The fourth-order valence-electron chi connectivity index (χ4n) is 2.58. The Kier molecular flexibility index (Phi) is 6.51. The number of methoxy groups -OCH3 is 2. The Morgan fingerprint density at radius 2 is 2.00 bits per heavy atom. The van der Waals surface area contributed by atoms with Crippen LogP contribution in [0.3, 0.4) is 0 Å². The molecule has 0 aliphatic carbocycles. The summed E-state index contributed by atoms with van der Waals surface area (Å²) in [6.07, 6.45) is 3.95. The smallest absolute Gasteiger partial charge is 0.261 e. The van der Waals surface area contributed by atoms with Crippen LogP contribution in [0.5, 0.6) is 5.75 Å². The lowest BCUT2D eigenvalue weighted by Gasteiger charge is -2.19. The van der Waals surface area contributed by atoms with E-state index >= 15 is 0 Å². The van der Waals surface area contributed by atoms with Gasteiger partial charge >= 0.3 is 0 Å². The molecule has 0 unspecified atom stereocenters. The molecule has 3 aromatic rings. The summed E-state index contributed by atoms with van der Waals surface area (Å²) in [6, 6.07) is 11.2. The highest BCUT2D eigenvalue weighted by Gasteiger charge is 2.21. The number of ether oxygens (including phenoxy) is 2. The molecule has 0 radical (unpaired) electrons. The average molecular weight is 383 g/mol. The number of pyridine rings is 1. The first-order valence-electron chi connectivity index (χ1n) is 8.53. The second kappa shape index (κ2) is 9.25. The van der Waals surface area contributed by atoms with Crippen LogP contribution < -0.4 is 9.64 Å². The first-order valence-corrected chi connectivity index (χ1v) is 9.41. The molecule has 0 saturated carbocycles. The molecule has 2 aromatic heterocycles. The van der Waals surface area contributed by atoms with Crippen molar-refractivity contribution in [3.63, 3.8) is 0 Å². The first-order chi connectivity index (χ1) is 13.2. The van der Waals surface area contributed by atoms with Gasteiger partial charge in [-0.15, -0.1) is 11.3 Å². The zero-order valence-corrected chi connectivity index (χ0v) is 16.1. The van der Waals surface area contributed by atoms with Gasteiger partial charge in [0.25, 0.3) is 5.91 Å². The van der Waals surface area contributed by atoms with E-state index in [-0.39, 0.29) is 5.91 Å². The van der Waals surface area contributed by atoms with E-state index in [1.807, 2.05) is 29.6 Å². The highest BCUT2D eigenvalue weighted by molar-refractivity contribution is 7.14. The van der Waals surface area contributed by atoms with Crippen LogP contribution in [0.4, 0.5) is 5.13 Å². The summed E-state index contributed by atoms with van der Waals surface area (Å²) >= 11 is 1.44. The Labute approximate surface area is 162 Å². The van der Waals surface area contributed by atoms with Crippen LogP contribution in [0.1, 0.15) is 16.8 Å². The van der Waals surface area contributed by atoms with Crippen LogP contribution in [0, 0.1) is 0 Å². The highest BCUT2D eigenvalue weighted by atomic mass is 32.1. The van der Waals surface area contributed by atoms with E-state index in [1.165, 1.54) is 11.3 Å². The summed E-state index contributed by atoms with van der Waals surface area (Å²) in [6.45, 7) is 1.10. The molecule has 0 N–H and O–H groups in total. The van der Waals surface area contributed by atoms with Gasteiger partial charge in [0.15, 0.2) is 5.13 Å². The zero-order chi connectivity index (χ0) is 19.1. The van der Waals surface area contributed by atoms with Gasteiger partial charge in [0.1, 0.15) is 5.75 Å². The molecule has 140 valence electrons. The molecule has 0 aliphatic heterocycles. The standard InChI is InChI=1S/C20H21N3O3S/c1-25-12-4-11-23(19(24)16-5-3-10-21-13-16)20-22-18(14-27-20)15-6-8-17(26-2)9-7-15/h3,5-10,13-14H,4,11-12H2,1-2H3. The van der Waals surface area contributed by atoms with Crippen LogP contribution in [0.15, 0.2) is 54.2 Å². The van der Waals surface area contributed by atoms with Gasteiger partial charge in [0, 0.05) is 43.6 Å². The third kappa shape index (κ3) is 4.69. The number of aromatic nitrogens is 2. The molecule has 1 amide bonds. The number of benzene rings is 1. The van der Waals surface area contributed by atoms with Gasteiger partial charge in [-0.1, -0.05) is 0 Å². The highest BCUT2D eigenvalue weighted by Crippen LogP contribution is 2.29. The minimum atomic E-state index is -0.116. The lowest BCUT2D eigenvalue weighted by Crippen LogP contribution is -2.32. The van der Waals surface area contributed by atoms with Crippen LogP contribution >= 0.6 is 11.3 Å². The lowest BCUT2D eigenvalue weighted by molar-refractivity contribution is 0.0983. The van der Waals surface area contributed by atoms with Crippen molar-refractivity contribution in [1.29, 1.82) is 0 Å². The van der Waals surface area contributed by atoms with Crippen molar-refractivity contribution in [3.8, 4) is 17.0 Å². The molecular formula is C20H21N3O3S. The van der Waals surface area contributed by atoms with Gasteiger partial charge in [-0.3, -0.25) is 14.7 Å². The molecule has 1 aromatic carbocycles. The second-order valence-corrected chi connectivity index (χ2v) is 6.63. The van der Waals surface area contributed by atoms with Gasteiger partial charge < -0.3 is 9.47 Å². The van der Waals surface area contributed by atoms with Crippen molar-refractivity contribution in [2.75, 3.05) is 32.3 Å². The number of rotatable bonds is 8. The molecule has 2 heterocycles. The quantitative estimate of drug-likeness (QED) is 0.552. The Morgan fingerprint density at radius 1 is 1.19 bits per heavy atom. The minimum absolute atomic E-state index is 0.116. The summed E-state index contributed by atoms with van der Waals surface area (Å²) in [4.78, 5) is 23.4. The normalized spacial score (nSPS) is 10.6. The molecule has 27 heavy (non-hydrogen) atoms. The monoisotopic (exact) mass is 383 g/mol. The maximum atomic E-state index is 13.0. The number of carbonyl (C=O) groups excluding carboxylic acids is 1. The summed E-state index contributed by atoms with van der Waals surface area (Å²) in [5.74, 6) is 0.678. The van der Waals surface area contributed by atoms with Gasteiger partial charge in [-0.05, 0) is 42.8 Å². The van der Waals surface area contributed by atoms with E-state index in [0.717, 1.165) is 23.4 Å². The van der Waals surface area contributed by atoms with Crippen molar-refractivity contribution in [3.05, 3.63) is 59.7 Å². The van der Waals surface area contributed by atoms with Gasteiger partial charge in [0.05, 0.1) is 18.4 Å². The van der Waals surface area contributed by atoms with Crippen LogP contribution in [-0.4, -0.2) is 43.2 Å². The lowest BCUT2D eigenvalue weighted by atomic mass is 10.2. The van der Waals surface area contributed by atoms with Crippen LogP contribution in [0.2, 0.25) is 0 Å². The number of anilines is 1. The van der Waals surface area contributed by atoms with Crippen LogP contribution in [0.25, 0.3) is 11.3 Å². The molecule has 0 spiro atoms. The van der Waals surface area contributed by atoms with Crippen molar-refractivity contribution in [2.24, 2.45) is 0 Å². The van der Waals surface area contributed by atoms with E-state index in [1.54, 1.807) is 43.6 Å². The third-order valence-corrected chi connectivity index (χ3v) is 4.86. The number of hydrogen-bond acceptors (Lipinski definition) is 6. The number of thiazole rings is 1. The Morgan fingerprint density at radius 3 is 2.67 bits per heavy atom. The predicted octanol–water partition coefficient (Wildman–Crippen LogP) is 3.90. The van der Waals surface area contributed by atoms with E-state index in [2.05, 4.69) is 9.97 Å². The zero-order valence-electron chi connectivity index (χ0n) is 15.3. The fraction of sp³-hybridized carbons (Fsp3) is 0.250. The Bertz CT molecular complexity index is 866. The topological polar surface area (TPSA) is 64.5 Å². The largest absolute Gasteiger partial charge is 0.497 e. The molecule has 7 heteroatoms. The third-order valence-electron chi connectivity index (χ3n) is 3.99. The van der Waals surface area contributed by atoms with Crippen molar-refractivity contribution in [2.45, 2.75) is 6.42 Å². The molecular weight excluding hydrogens is 362 g/mol. The maximum Gasteiger partial charge on any atom is 0.261 e. The number of carbonyl (C=O) groups is 1. The second-order valence-electron chi connectivity index (χ2n) is 5.79. The van der Waals surface area contributed by atoms with Crippen molar-refractivity contribution in [1.82, 2.24) is 9.97 Å². The van der Waals surface area contributed by atoms with E-state index in [4.69, 9.17) is 9.47 Å². The SMILES string of the molecule is COCCCN(C(=O)c1cccnc1)c1nc(-c2ccc(OC)cc2)cs1. The fourth-order valence-corrected chi connectivity index (χ4v) is 3.44. The molecule has 0 atom stereocenters. The Hall–Kier alpha value is -2.77. The van der Waals surface area contributed by atoms with Crippen molar-refractivity contribution >= 4 is 22.4 Å². The van der Waals surface area contributed by atoms with Gasteiger partial charge in [-0.2, -0.15) is 0 Å². The molecule has 0 fully saturated rings. The molecule has 0 saturated heterocycles. The molecule has 3 rings (SSSR count). The summed E-state index contributed by atoms with van der Waals surface area (Å²) in [7, 11) is 3.29. The molecule has 6 nitrogen and oxygen atoms in total. The number of amides is 1. The summed E-state index contributed by atoms with van der Waals surface area (Å²) in [5.41, 5.74) is 2.34.